The standard InChI is InChI=1S/C14H27N3O2/c1-11-13(15-7-10-19-11)14(18)16-6-3-12-4-8-17(2)9-5-12/h11-13,15H,3-10H2,1-2H3,(H,16,18)/t11-,13+/m1/s1. The maximum absolute atomic E-state index is 12.0. The molecule has 0 bridgehead atoms. The van der Waals surface area contributed by atoms with Crippen LogP contribution in [0.25, 0.3) is 0 Å². The normalized spacial score (nSPS) is 30.2. The molecular weight excluding hydrogens is 242 g/mol. The molecule has 0 aromatic rings. The zero-order chi connectivity index (χ0) is 13.7. The van der Waals surface area contributed by atoms with Gasteiger partial charge in [0, 0.05) is 13.1 Å². The van der Waals surface area contributed by atoms with Crippen LogP contribution in [-0.2, 0) is 9.53 Å². The molecule has 5 heteroatoms. The number of morpholine rings is 1. The number of carbonyl (C=O) groups excluding carboxylic acids is 1. The van der Waals surface area contributed by atoms with Crippen LogP contribution in [0.15, 0.2) is 0 Å². The lowest BCUT2D eigenvalue weighted by Gasteiger charge is -2.30. The van der Waals surface area contributed by atoms with Gasteiger partial charge in [0.15, 0.2) is 0 Å². The largest absolute Gasteiger partial charge is 0.375 e. The van der Waals surface area contributed by atoms with Gasteiger partial charge in [-0.3, -0.25) is 4.79 Å². The highest BCUT2D eigenvalue weighted by atomic mass is 16.5. The van der Waals surface area contributed by atoms with Crippen molar-refractivity contribution in [3.05, 3.63) is 0 Å². The van der Waals surface area contributed by atoms with E-state index in [9.17, 15) is 4.79 Å². The zero-order valence-electron chi connectivity index (χ0n) is 12.2. The molecule has 2 saturated heterocycles. The summed E-state index contributed by atoms with van der Waals surface area (Å²) in [7, 11) is 2.17. The molecule has 0 aromatic heterocycles. The molecule has 0 saturated carbocycles. The van der Waals surface area contributed by atoms with Gasteiger partial charge in [-0.1, -0.05) is 0 Å². The molecule has 0 aliphatic carbocycles. The van der Waals surface area contributed by atoms with Gasteiger partial charge in [0.25, 0.3) is 0 Å². The third-order valence-electron chi connectivity index (χ3n) is 4.29. The van der Waals surface area contributed by atoms with Crippen LogP contribution in [0.4, 0.5) is 0 Å². The zero-order valence-corrected chi connectivity index (χ0v) is 12.2. The third kappa shape index (κ3) is 4.44. The van der Waals surface area contributed by atoms with Crippen LogP contribution in [0.5, 0.6) is 0 Å². The van der Waals surface area contributed by atoms with Crippen molar-refractivity contribution in [2.75, 3.05) is 39.8 Å². The summed E-state index contributed by atoms with van der Waals surface area (Å²) in [6.07, 6.45) is 3.58. The second-order valence-electron chi connectivity index (χ2n) is 5.83. The van der Waals surface area contributed by atoms with E-state index in [-0.39, 0.29) is 18.1 Å². The summed E-state index contributed by atoms with van der Waals surface area (Å²) in [6, 6.07) is -0.189. The number of hydrogen-bond acceptors (Lipinski definition) is 4. The van der Waals surface area contributed by atoms with Gasteiger partial charge in [-0.15, -0.1) is 0 Å². The van der Waals surface area contributed by atoms with Crippen LogP contribution in [-0.4, -0.2) is 62.8 Å². The molecule has 19 heavy (non-hydrogen) atoms. The number of rotatable bonds is 4. The molecule has 2 heterocycles. The number of nitrogens with zero attached hydrogens (tertiary/aromatic N) is 1. The smallest absolute Gasteiger partial charge is 0.239 e. The molecule has 1 amide bonds. The average molecular weight is 269 g/mol. The summed E-state index contributed by atoms with van der Waals surface area (Å²) in [5, 5.41) is 6.27. The third-order valence-corrected chi connectivity index (χ3v) is 4.29. The summed E-state index contributed by atoms with van der Waals surface area (Å²) >= 11 is 0. The van der Waals surface area contributed by atoms with Crippen molar-refractivity contribution in [2.24, 2.45) is 5.92 Å². The van der Waals surface area contributed by atoms with E-state index in [1.807, 2.05) is 6.92 Å². The topological polar surface area (TPSA) is 53.6 Å². The molecule has 2 fully saturated rings. The quantitative estimate of drug-likeness (QED) is 0.766. The Morgan fingerprint density at radius 3 is 2.84 bits per heavy atom. The SMILES string of the molecule is C[C@H]1OCCN[C@@H]1C(=O)NCCC1CCN(C)CC1. The highest BCUT2D eigenvalue weighted by molar-refractivity contribution is 5.82. The molecule has 2 N–H and O–H groups in total. The maximum atomic E-state index is 12.0. The second-order valence-corrected chi connectivity index (χ2v) is 5.83. The fraction of sp³-hybridized carbons (Fsp3) is 0.929. The van der Waals surface area contributed by atoms with E-state index < -0.39 is 0 Å². The highest BCUT2D eigenvalue weighted by Gasteiger charge is 2.28. The molecule has 2 aliphatic heterocycles. The van der Waals surface area contributed by atoms with Gasteiger partial charge in [-0.2, -0.15) is 0 Å². The van der Waals surface area contributed by atoms with Crippen LogP contribution in [0.1, 0.15) is 26.2 Å². The number of amides is 1. The average Bonchev–Trinajstić information content (AvgIpc) is 2.41. The number of carbonyl (C=O) groups is 1. The summed E-state index contributed by atoms with van der Waals surface area (Å²) in [5.41, 5.74) is 0. The Hall–Kier alpha value is -0.650. The Morgan fingerprint density at radius 1 is 1.42 bits per heavy atom. The Morgan fingerprint density at radius 2 is 2.16 bits per heavy atom. The van der Waals surface area contributed by atoms with Crippen molar-refractivity contribution in [3.8, 4) is 0 Å². The summed E-state index contributed by atoms with van der Waals surface area (Å²) in [6.45, 7) is 6.57. The van der Waals surface area contributed by atoms with Gasteiger partial charge in [0.2, 0.25) is 5.91 Å². The lowest BCUT2D eigenvalue weighted by atomic mass is 9.94. The van der Waals surface area contributed by atoms with Gasteiger partial charge in [-0.05, 0) is 52.2 Å². The first-order valence-corrected chi connectivity index (χ1v) is 7.48. The van der Waals surface area contributed by atoms with E-state index in [4.69, 9.17) is 4.74 Å². The Kier molecular flexibility index (Phi) is 5.60. The van der Waals surface area contributed by atoms with Gasteiger partial charge in [0.05, 0.1) is 12.7 Å². The first kappa shape index (κ1) is 14.8. The molecule has 0 unspecified atom stereocenters. The summed E-state index contributed by atoms with van der Waals surface area (Å²) in [5.74, 6) is 0.851. The van der Waals surface area contributed by atoms with Gasteiger partial charge < -0.3 is 20.3 Å². The molecular formula is C14H27N3O2. The van der Waals surface area contributed by atoms with Crippen LogP contribution in [0.3, 0.4) is 0 Å². The van der Waals surface area contributed by atoms with E-state index >= 15 is 0 Å². The molecule has 2 rings (SSSR count). The van der Waals surface area contributed by atoms with E-state index in [1.165, 1.54) is 25.9 Å². The lowest BCUT2D eigenvalue weighted by molar-refractivity contribution is -0.128. The predicted octanol–water partition coefficient (Wildman–Crippen LogP) is 0.211. The molecule has 5 nitrogen and oxygen atoms in total. The van der Waals surface area contributed by atoms with E-state index in [0.29, 0.717) is 6.61 Å². The first-order valence-electron chi connectivity index (χ1n) is 7.48. The minimum Gasteiger partial charge on any atom is -0.375 e. The number of nitrogens with one attached hydrogen (secondary N) is 2. The highest BCUT2D eigenvalue weighted by Crippen LogP contribution is 2.18. The summed E-state index contributed by atoms with van der Waals surface area (Å²) < 4.78 is 5.49. The predicted molar refractivity (Wildman–Crippen MR) is 75.1 cm³/mol. The molecule has 2 aliphatic rings. The van der Waals surface area contributed by atoms with Gasteiger partial charge in [0.1, 0.15) is 6.04 Å². The monoisotopic (exact) mass is 269 g/mol. The van der Waals surface area contributed by atoms with Gasteiger partial charge >= 0.3 is 0 Å². The van der Waals surface area contributed by atoms with Crippen LogP contribution in [0, 0.1) is 5.92 Å². The van der Waals surface area contributed by atoms with Crippen LogP contribution in [0.2, 0.25) is 0 Å². The fourth-order valence-corrected chi connectivity index (χ4v) is 2.89. The number of piperidine rings is 1. The van der Waals surface area contributed by atoms with Crippen molar-refractivity contribution >= 4 is 5.91 Å². The number of ether oxygens (including phenoxy) is 1. The van der Waals surface area contributed by atoms with Crippen molar-refractivity contribution in [1.29, 1.82) is 0 Å². The van der Waals surface area contributed by atoms with Crippen LogP contribution < -0.4 is 10.6 Å². The maximum Gasteiger partial charge on any atom is 0.239 e. The Labute approximate surface area is 116 Å². The molecule has 0 radical (unpaired) electrons. The molecule has 2 atom stereocenters. The Bertz CT molecular complexity index is 290. The molecule has 110 valence electrons. The van der Waals surface area contributed by atoms with Crippen LogP contribution >= 0.6 is 0 Å². The van der Waals surface area contributed by atoms with Crippen molar-refractivity contribution < 1.29 is 9.53 Å². The van der Waals surface area contributed by atoms with Crippen molar-refractivity contribution in [1.82, 2.24) is 15.5 Å². The van der Waals surface area contributed by atoms with E-state index in [2.05, 4.69) is 22.6 Å². The minimum absolute atomic E-state index is 0.0305. The minimum atomic E-state index is -0.189. The van der Waals surface area contributed by atoms with Crippen molar-refractivity contribution in [2.45, 2.75) is 38.3 Å². The Balaban J connectivity index is 1.63. The van der Waals surface area contributed by atoms with E-state index in [0.717, 1.165) is 25.4 Å². The number of hydrogen-bond donors (Lipinski definition) is 2. The lowest BCUT2D eigenvalue weighted by Crippen LogP contribution is -2.55. The molecule has 0 aromatic carbocycles. The second kappa shape index (κ2) is 7.22. The summed E-state index contributed by atoms with van der Waals surface area (Å²) in [4.78, 5) is 14.4. The molecule has 0 spiro atoms. The fourth-order valence-electron chi connectivity index (χ4n) is 2.89. The first-order chi connectivity index (χ1) is 9.16. The van der Waals surface area contributed by atoms with Gasteiger partial charge in [-0.25, -0.2) is 0 Å². The van der Waals surface area contributed by atoms with E-state index in [1.54, 1.807) is 0 Å². The van der Waals surface area contributed by atoms with Crippen molar-refractivity contribution in [3.63, 3.8) is 0 Å². The number of likely N-dealkylation sites (tertiary alicyclic amines) is 1.